The highest BCUT2D eigenvalue weighted by Gasteiger charge is 2.37. The molecule has 0 atom stereocenters. The largest absolute Gasteiger partial charge is 0.504 e. The maximum absolute atomic E-state index is 14.2. The van der Waals surface area contributed by atoms with Crippen LogP contribution < -0.4 is 21.3 Å². The molecule has 2 aromatic heterocycles. The van der Waals surface area contributed by atoms with Gasteiger partial charge in [-0.05, 0) is 0 Å². The van der Waals surface area contributed by atoms with E-state index in [1.165, 1.54) is 0 Å². The van der Waals surface area contributed by atoms with Crippen molar-refractivity contribution in [2.45, 2.75) is 6.05 Å². The van der Waals surface area contributed by atoms with Crippen LogP contribution in [-0.4, -0.2) is 44.3 Å². The molecule has 0 bridgehead atoms. The highest BCUT2D eigenvalue weighted by atomic mass is 19.3. The third kappa shape index (κ3) is 3.37. The van der Waals surface area contributed by atoms with E-state index in [4.69, 9.17) is 10.5 Å². The number of phenols is 1. The van der Waals surface area contributed by atoms with Crippen LogP contribution in [0.15, 0.2) is 29.6 Å². The Labute approximate surface area is 159 Å². The number of methoxy groups -OCH3 is 1. The van der Waals surface area contributed by atoms with Crippen LogP contribution >= 0.6 is 0 Å². The number of carbonyl (C=O) groups excluding carboxylic acids is 1. The van der Waals surface area contributed by atoms with Gasteiger partial charge in [0.05, 0.1) is 23.7 Å². The molecule has 152 valence electrons. The molecule has 0 fully saturated rings. The third-order valence-electron chi connectivity index (χ3n) is 3.85. The van der Waals surface area contributed by atoms with Gasteiger partial charge in [-0.3, -0.25) is 14.9 Å². The molecule has 2 heterocycles. The van der Waals surface area contributed by atoms with Crippen molar-refractivity contribution in [1.82, 2.24) is 19.5 Å². The monoisotopic (exact) mass is 410 g/mol. The Morgan fingerprint density at radius 2 is 2.03 bits per heavy atom. The van der Waals surface area contributed by atoms with E-state index in [0.29, 0.717) is 0 Å². The van der Waals surface area contributed by atoms with Crippen molar-refractivity contribution in [2.24, 2.45) is 0 Å². The number of amides is 1. The van der Waals surface area contributed by atoms with Crippen molar-refractivity contribution in [3.8, 4) is 11.5 Å². The Morgan fingerprint density at radius 1 is 1.38 bits per heavy atom. The van der Waals surface area contributed by atoms with E-state index in [0.717, 1.165) is 31.9 Å². The highest BCUT2D eigenvalue weighted by molar-refractivity contribution is 6.04. The number of benzene rings is 1. The first kappa shape index (κ1) is 19.9. The van der Waals surface area contributed by atoms with Crippen molar-refractivity contribution >= 4 is 28.4 Å². The lowest BCUT2D eigenvalue weighted by Crippen LogP contribution is -2.39. The molecule has 0 saturated carbocycles. The molecular formula is C16H13F3N6O4. The van der Waals surface area contributed by atoms with Crippen molar-refractivity contribution < 1.29 is 27.8 Å². The maximum Gasteiger partial charge on any atom is 0.362 e. The van der Waals surface area contributed by atoms with Gasteiger partial charge in [-0.1, -0.05) is 0 Å². The quantitative estimate of drug-likeness (QED) is 0.533. The number of fused-ring (bicyclic) bond motifs is 1. The molecule has 10 nitrogen and oxygen atoms in total. The van der Waals surface area contributed by atoms with Gasteiger partial charge >= 0.3 is 6.05 Å². The summed E-state index contributed by atoms with van der Waals surface area (Å²) in [5, 5.41) is 11.4. The fourth-order valence-corrected chi connectivity index (χ4v) is 2.59. The molecule has 0 saturated heterocycles. The number of hydrogen-bond acceptors (Lipinski definition) is 8. The van der Waals surface area contributed by atoms with E-state index >= 15 is 0 Å². The van der Waals surface area contributed by atoms with E-state index in [9.17, 15) is 27.9 Å². The van der Waals surface area contributed by atoms with Gasteiger partial charge in [0.25, 0.3) is 11.5 Å². The fourth-order valence-electron chi connectivity index (χ4n) is 2.59. The molecule has 0 radical (unpaired) electrons. The summed E-state index contributed by atoms with van der Waals surface area (Å²) in [5.41, 5.74) is 3.28. The summed E-state index contributed by atoms with van der Waals surface area (Å²) in [6.07, 6.45) is 3.31. The number of nitrogens with one attached hydrogen (secondary N) is 1. The van der Waals surface area contributed by atoms with Gasteiger partial charge in [-0.25, -0.2) is 23.9 Å². The zero-order chi connectivity index (χ0) is 21.3. The molecule has 4 N–H and O–H groups in total. The molecule has 0 aliphatic rings. The number of nitrogens with zero attached hydrogens (tertiary/aromatic N) is 4. The lowest BCUT2D eigenvalue weighted by molar-refractivity contribution is -0.100. The molecule has 29 heavy (non-hydrogen) atoms. The number of nitrogen functional groups attached to an aromatic ring is 1. The lowest BCUT2D eigenvalue weighted by Gasteiger charge is -2.21. The number of carbonyl (C=O) groups is 1. The van der Waals surface area contributed by atoms with E-state index in [2.05, 4.69) is 15.0 Å². The average molecular weight is 410 g/mol. The number of ether oxygens (including phenoxy) is 1. The smallest absolute Gasteiger partial charge is 0.362 e. The standard InChI is InChI=1S/C16H13F3N6O4/c1-29-12-9(26)2-8(20)10-11(12)23-15(25(14(10)28)16(18,19)5-17)24-13(27)7-3-21-6-22-4-7/h2-4,6,26H,5,20H2,1H3,(H,23,24,27). The van der Waals surface area contributed by atoms with Gasteiger partial charge < -0.3 is 15.6 Å². The number of alkyl halides is 3. The summed E-state index contributed by atoms with van der Waals surface area (Å²) in [4.78, 5) is 36.1. The number of nitrogens with two attached hydrogens (primary N) is 1. The number of hydrogen-bond donors (Lipinski definition) is 3. The van der Waals surface area contributed by atoms with Crippen LogP contribution in [0.25, 0.3) is 10.9 Å². The predicted octanol–water partition coefficient (Wildman–Crippen LogP) is 1.25. The zero-order valence-electron chi connectivity index (χ0n) is 14.7. The Bertz CT molecular complexity index is 1150. The fraction of sp³-hybridized carbons (Fsp3) is 0.188. The van der Waals surface area contributed by atoms with Crippen LogP contribution in [0.4, 0.5) is 24.8 Å². The number of aromatic hydroxyl groups is 1. The second-order valence-electron chi connectivity index (χ2n) is 5.70. The summed E-state index contributed by atoms with van der Waals surface area (Å²) in [6, 6.07) is -3.45. The molecule has 0 unspecified atom stereocenters. The van der Waals surface area contributed by atoms with Crippen molar-refractivity contribution in [1.29, 1.82) is 0 Å². The van der Waals surface area contributed by atoms with E-state index in [1.807, 2.05) is 5.32 Å². The van der Waals surface area contributed by atoms with Crippen LogP contribution in [-0.2, 0) is 6.05 Å². The van der Waals surface area contributed by atoms with E-state index < -0.39 is 52.5 Å². The number of halogens is 3. The molecule has 0 spiro atoms. The molecular weight excluding hydrogens is 397 g/mol. The van der Waals surface area contributed by atoms with Gasteiger partial charge in [-0.2, -0.15) is 8.78 Å². The van der Waals surface area contributed by atoms with Gasteiger partial charge in [0.1, 0.15) is 11.8 Å². The van der Waals surface area contributed by atoms with Gasteiger partial charge in [0.2, 0.25) is 5.95 Å². The minimum Gasteiger partial charge on any atom is -0.504 e. The number of rotatable bonds is 5. The summed E-state index contributed by atoms with van der Waals surface area (Å²) in [7, 11) is 1.13. The predicted molar refractivity (Wildman–Crippen MR) is 94.8 cm³/mol. The topological polar surface area (TPSA) is 145 Å². The van der Waals surface area contributed by atoms with Gasteiger partial charge in [-0.15, -0.1) is 0 Å². The molecule has 1 amide bonds. The van der Waals surface area contributed by atoms with Crippen molar-refractivity contribution in [3.63, 3.8) is 0 Å². The van der Waals surface area contributed by atoms with Crippen LogP contribution in [0.5, 0.6) is 11.5 Å². The van der Waals surface area contributed by atoms with Crippen molar-refractivity contribution in [3.05, 3.63) is 40.7 Å². The van der Waals surface area contributed by atoms with Crippen LogP contribution in [0.1, 0.15) is 10.4 Å². The first-order valence-corrected chi connectivity index (χ1v) is 7.84. The van der Waals surface area contributed by atoms with E-state index in [-0.39, 0.29) is 15.9 Å². The highest BCUT2D eigenvalue weighted by Crippen LogP contribution is 2.37. The normalized spacial score (nSPS) is 11.4. The molecule has 3 rings (SSSR count). The average Bonchev–Trinajstić information content (AvgIpc) is 2.68. The molecule has 3 aromatic rings. The Balaban J connectivity index is 2.33. The van der Waals surface area contributed by atoms with Crippen molar-refractivity contribution in [2.75, 3.05) is 24.8 Å². The number of phenolic OH excluding ortho intramolecular Hbond substituents is 1. The Kier molecular flexibility index (Phi) is 4.97. The van der Waals surface area contributed by atoms with Gasteiger partial charge in [0.15, 0.2) is 18.2 Å². The SMILES string of the molecule is COc1c(O)cc(N)c2c(=O)n(C(F)(F)CF)c(NC(=O)c3cncnc3)nc12. The molecule has 13 heteroatoms. The summed E-state index contributed by atoms with van der Waals surface area (Å²) in [5.74, 6) is -2.86. The van der Waals surface area contributed by atoms with Crippen LogP contribution in [0.3, 0.4) is 0 Å². The summed E-state index contributed by atoms with van der Waals surface area (Å²) < 4.78 is 46.1. The summed E-state index contributed by atoms with van der Waals surface area (Å²) in [6.45, 7) is -2.26. The van der Waals surface area contributed by atoms with E-state index in [1.54, 1.807) is 0 Å². The van der Waals surface area contributed by atoms with Crippen LogP contribution in [0, 0.1) is 0 Å². The molecule has 1 aromatic carbocycles. The molecule has 0 aliphatic heterocycles. The third-order valence-corrected chi connectivity index (χ3v) is 3.85. The molecule has 0 aliphatic carbocycles. The lowest BCUT2D eigenvalue weighted by atomic mass is 10.1. The second kappa shape index (κ2) is 7.26. The van der Waals surface area contributed by atoms with Gasteiger partial charge in [0, 0.05) is 18.5 Å². The first-order valence-electron chi connectivity index (χ1n) is 7.84. The minimum atomic E-state index is -4.36. The maximum atomic E-state index is 14.2. The second-order valence-corrected chi connectivity index (χ2v) is 5.70. The Hall–Kier alpha value is -3.90. The minimum absolute atomic E-state index is 0.139. The number of aromatic nitrogens is 4. The summed E-state index contributed by atoms with van der Waals surface area (Å²) >= 11 is 0. The zero-order valence-corrected chi connectivity index (χ0v) is 14.7. The number of anilines is 2. The van der Waals surface area contributed by atoms with Crippen LogP contribution in [0.2, 0.25) is 0 Å². The first-order chi connectivity index (χ1) is 13.7. The Morgan fingerprint density at radius 3 is 2.62 bits per heavy atom.